The number of nitrogens with two attached hydrogens (primary N) is 1. The Kier molecular flexibility index (Phi) is 7.09. The van der Waals surface area contributed by atoms with E-state index in [0.717, 1.165) is 13.2 Å². The number of ether oxygens (including phenoxy) is 2. The van der Waals surface area contributed by atoms with Crippen LogP contribution in [0.15, 0.2) is 0 Å². The van der Waals surface area contributed by atoms with Gasteiger partial charge < -0.3 is 20.1 Å². The molecule has 0 aliphatic carbocycles. The normalized spacial score (nSPS) is 12.4. The van der Waals surface area contributed by atoms with Gasteiger partial charge in [0.15, 0.2) is 0 Å². The molecule has 4 nitrogen and oxygen atoms in total. The Morgan fingerprint density at radius 2 is 1.86 bits per heavy atom. The van der Waals surface area contributed by atoms with Gasteiger partial charge in [-0.15, -0.1) is 0 Å². The molecule has 0 bridgehead atoms. The average molecular weight is 204 g/mol. The smallest absolute Gasteiger partial charge is 0.0859 e. The van der Waals surface area contributed by atoms with Crippen molar-refractivity contribution in [3.63, 3.8) is 0 Å². The molecule has 0 saturated heterocycles. The summed E-state index contributed by atoms with van der Waals surface area (Å²) in [6, 6.07) is 0. The summed E-state index contributed by atoms with van der Waals surface area (Å²) >= 11 is 0. The fourth-order valence-corrected chi connectivity index (χ4v) is 0.947. The standard InChI is InChI=1S/C10H24N2O2/c1-10(2,9-13-7-5-11)14-8-6-12(3)4/h5-9,11H2,1-4H3. The Balaban J connectivity index is 3.50. The Bertz CT molecular complexity index is 138. The summed E-state index contributed by atoms with van der Waals surface area (Å²) in [5.41, 5.74) is 5.11. The minimum absolute atomic E-state index is 0.217. The summed E-state index contributed by atoms with van der Waals surface area (Å²) in [4.78, 5) is 2.09. The summed E-state index contributed by atoms with van der Waals surface area (Å²) in [7, 11) is 4.06. The Hall–Kier alpha value is -0.160. The Labute approximate surface area is 87.4 Å². The highest BCUT2D eigenvalue weighted by Crippen LogP contribution is 2.09. The highest BCUT2D eigenvalue weighted by molar-refractivity contribution is 4.67. The van der Waals surface area contributed by atoms with Gasteiger partial charge in [-0.05, 0) is 27.9 Å². The first-order chi connectivity index (χ1) is 6.48. The third-order valence-corrected chi connectivity index (χ3v) is 1.74. The van der Waals surface area contributed by atoms with E-state index in [1.54, 1.807) is 0 Å². The molecule has 0 radical (unpaired) electrons. The van der Waals surface area contributed by atoms with Crippen molar-refractivity contribution in [2.75, 3.05) is 47.0 Å². The molecule has 0 heterocycles. The largest absolute Gasteiger partial charge is 0.377 e. The van der Waals surface area contributed by atoms with Crippen LogP contribution in [0.2, 0.25) is 0 Å². The van der Waals surface area contributed by atoms with Gasteiger partial charge in [-0.25, -0.2) is 0 Å². The van der Waals surface area contributed by atoms with Gasteiger partial charge in [0.2, 0.25) is 0 Å². The molecule has 86 valence electrons. The van der Waals surface area contributed by atoms with Crippen LogP contribution in [0.25, 0.3) is 0 Å². The quantitative estimate of drug-likeness (QED) is 0.578. The van der Waals surface area contributed by atoms with E-state index in [-0.39, 0.29) is 5.60 Å². The lowest BCUT2D eigenvalue weighted by Crippen LogP contribution is -2.34. The molecule has 0 spiro atoms. The maximum atomic E-state index is 5.68. The van der Waals surface area contributed by atoms with Crippen molar-refractivity contribution in [1.82, 2.24) is 4.90 Å². The molecule has 0 amide bonds. The van der Waals surface area contributed by atoms with Gasteiger partial charge in [0.05, 0.1) is 25.4 Å². The van der Waals surface area contributed by atoms with Crippen molar-refractivity contribution in [3.05, 3.63) is 0 Å². The zero-order valence-electron chi connectivity index (χ0n) is 9.88. The van der Waals surface area contributed by atoms with Gasteiger partial charge in [0.1, 0.15) is 0 Å². The van der Waals surface area contributed by atoms with E-state index in [1.807, 2.05) is 27.9 Å². The van der Waals surface area contributed by atoms with Crippen LogP contribution in [0.1, 0.15) is 13.8 Å². The highest BCUT2D eigenvalue weighted by Gasteiger charge is 2.18. The second-order valence-electron chi connectivity index (χ2n) is 4.25. The van der Waals surface area contributed by atoms with Gasteiger partial charge >= 0.3 is 0 Å². The Morgan fingerprint density at radius 1 is 1.21 bits per heavy atom. The molecule has 0 fully saturated rings. The molecule has 2 N–H and O–H groups in total. The number of likely N-dealkylation sites (N-methyl/N-ethyl adjacent to an activating group) is 1. The van der Waals surface area contributed by atoms with Crippen molar-refractivity contribution >= 4 is 0 Å². The van der Waals surface area contributed by atoms with Crippen molar-refractivity contribution < 1.29 is 9.47 Å². The predicted molar refractivity (Wildman–Crippen MR) is 58.5 cm³/mol. The molecular formula is C10H24N2O2. The number of rotatable bonds is 8. The maximum absolute atomic E-state index is 5.68. The van der Waals surface area contributed by atoms with Gasteiger partial charge in [0.25, 0.3) is 0 Å². The lowest BCUT2D eigenvalue weighted by atomic mass is 10.1. The summed E-state index contributed by atoms with van der Waals surface area (Å²) < 4.78 is 11.0. The minimum Gasteiger partial charge on any atom is -0.377 e. The second-order valence-corrected chi connectivity index (χ2v) is 4.25. The molecule has 0 aliphatic heterocycles. The first-order valence-corrected chi connectivity index (χ1v) is 5.04. The lowest BCUT2D eigenvalue weighted by molar-refractivity contribution is -0.0762. The third-order valence-electron chi connectivity index (χ3n) is 1.74. The van der Waals surface area contributed by atoms with Gasteiger partial charge in [-0.2, -0.15) is 0 Å². The summed E-state index contributed by atoms with van der Waals surface area (Å²) in [6.45, 7) is 7.47. The van der Waals surface area contributed by atoms with E-state index in [4.69, 9.17) is 15.2 Å². The Morgan fingerprint density at radius 3 is 2.36 bits per heavy atom. The van der Waals surface area contributed by atoms with Gasteiger partial charge in [0, 0.05) is 13.1 Å². The molecule has 0 aromatic carbocycles. The van der Waals surface area contributed by atoms with Crippen molar-refractivity contribution in [2.24, 2.45) is 5.73 Å². The molecule has 0 aliphatic rings. The summed E-state index contributed by atoms with van der Waals surface area (Å²) in [6.07, 6.45) is 0. The predicted octanol–water partition coefficient (Wildman–Crippen LogP) is 0.319. The van der Waals surface area contributed by atoms with Gasteiger partial charge in [-0.3, -0.25) is 0 Å². The SMILES string of the molecule is CN(C)CCOC(C)(C)COCCN. The maximum Gasteiger partial charge on any atom is 0.0859 e. The average Bonchev–Trinajstić information content (AvgIpc) is 2.03. The van der Waals surface area contributed by atoms with Crippen LogP contribution in [0.4, 0.5) is 0 Å². The number of hydrogen-bond acceptors (Lipinski definition) is 4. The van der Waals surface area contributed by atoms with Crippen LogP contribution in [0.3, 0.4) is 0 Å². The summed E-state index contributed by atoms with van der Waals surface area (Å²) in [5, 5.41) is 0. The molecule has 14 heavy (non-hydrogen) atoms. The number of nitrogens with zero attached hydrogens (tertiary/aromatic N) is 1. The first-order valence-electron chi connectivity index (χ1n) is 5.04. The molecule has 4 heteroatoms. The van der Waals surface area contributed by atoms with E-state index >= 15 is 0 Å². The first kappa shape index (κ1) is 13.8. The molecule has 0 aromatic heterocycles. The van der Waals surface area contributed by atoms with Crippen LogP contribution >= 0.6 is 0 Å². The molecule has 0 unspecified atom stereocenters. The minimum atomic E-state index is -0.217. The molecular weight excluding hydrogens is 180 g/mol. The van der Waals surface area contributed by atoms with E-state index in [2.05, 4.69) is 4.90 Å². The van der Waals surface area contributed by atoms with E-state index in [9.17, 15) is 0 Å². The fraction of sp³-hybridized carbons (Fsp3) is 1.00. The van der Waals surface area contributed by atoms with Crippen molar-refractivity contribution in [2.45, 2.75) is 19.4 Å². The second kappa shape index (κ2) is 7.17. The van der Waals surface area contributed by atoms with Crippen LogP contribution in [0, 0.1) is 0 Å². The van der Waals surface area contributed by atoms with E-state index < -0.39 is 0 Å². The van der Waals surface area contributed by atoms with Crippen LogP contribution in [-0.4, -0.2) is 57.5 Å². The van der Waals surface area contributed by atoms with Crippen LogP contribution in [0.5, 0.6) is 0 Å². The van der Waals surface area contributed by atoms with E-state index in [0.29, 0.717) is 19.8 Å². The van der Waals surface area contributed by atoms with Crippen molar-refractivity contribution in [1.29, 1.82) is 0 Å². The fourth-order valence-electron chi connectivity index (χ4n) is 0.947. The molecule has 0 rings (SSSR count). The highest BCUT2D eigenvalue weighted by atomic mass is 16.5. The zero-order chi connectivity index (χ0) is 11.0. The topological polar surface area (TPSA) is 47.7 Å². The van der Waals surface area contributed by atoms with Crippen LogP contribution in [-0.2, 0) is 9.47 Å². The van der Waals surface area contributed by atoms with Crippen molar-refractivity contribution in [3.8, 4) is 0 Å². The zero-order valence-corrected chi connectivity index (χ0v) is 9.88. The van der Waals surface area contributed by atoms with E-state index in [1.165, 1.54) is 0 Å². The monoisotopic (exact) mass is 204 g/mol. The molecule has 0 aromatic rings. The van der Waals surface area contributed by atoms with Crippen LogP contribution < -0.4 is 5.73 Å². The lowest BCUT2D eigenvalue weighted by Gasteiger charge is -2.25. The third kappa shape index (κ3) is 8.44. The molecule has 0 saturated carbocycles. The summed E-state index contributed by atoms with van der Waals surface area (Å²) in [5.74, 6) is 0. The number of hydrogen-bond donors (Lipinski definition) is 1. The van der Waals surface area contributed by atoms with Gasteiger partial charge in [-0.1, -0.05) is 0 Å². The molecule has 0 atom stereocenters.